The lowest BCUT2D eigenvalue weighted by Gasteiger charge is -2.36. The van der Waals surface area contributed by atoms with Crippen LogP contribution in [0.3, 0.4) is 0 Å². The van der Waals surface area contributed by atoms with Crippen LogP contribution in [0.25, 0.3) is 11.4 Å². The summed E-state index contributed by atoms with van der Waals surface area (Å²) in [5, 5.41) is 7.28. The van der Waals surface area contributed by atoms with Crippen molar-refractivity contribution in [2.24, 2.45) is 0 Å². The summed E-state index contributed by atoms with van der Waals surface area (Å²) in [4.78, 5) is 19.5. The highest BCUT2D eigenvalue weighted by atomic mass is 19.2. The minimum absolute atomic E-state index is 0.0631. The van der Waals surface area contributed by atoms with E-state index in [0.29, 0.717) is 43.7 Å². The fraction of sp³-hybridized carbons (Fsp3) is 0.258. The van der Waals surface area contributed by atoms with Crippen molar-refractivity contribution >= 4 is 17.9 Å². The lowest BCUT2D eigenvalue weighted by Crippen LogP contribution is -2.32. The van der Waals surface area contributed by atoms with Crippen molar-refractivity contribution in [2.75, 3.05) is 18.9 Å². The van der Waals surface area contributed by atoms with Crippen LogP contribution in [0, 0.1) is 28.7 Å². The molecule has 8 nitrogen and oxygen atoms in total. The van der Waals surface area contributed by atoms with Crippen LogP contribution >= 0.6 is 0 Å². The molecular formula is C31H28F4N4O4. The van der Waals surface area contributed by atoms with Gasteiger partial charge in [-0.05, 0) is 50.5 Å². The summed E-state index contributed by atoms with van der Waals surface area (Å²) in [6.45, 7) is 4.44. The Labute approximate surface area is 244 Å². The summed E-state index contributed by atoms with van der Waals surface area (Å²) >= 11 is 0. The number of aromatic nitrogens is 2. The van der Waals surface area contributed by atoms with Gasteiger partial charge in [0.25, 0.3) is 0 Å². The highest BCUT2D eigenvalue weighted by Gasteiger charge is 2.38. The van der Waals surface area contributed by atoms with Gasteiger partial charge in [0.15, 0.2) is 11.6 Å². The van der Waals surface area contributed by atoms with Crippen LogP contribution in [-0.2, 0) is 21.4 Å². The summed E-state index contributed by atoms with van der Waals surface area (Å²) in [7, 11) is 0. The summed E-state index contributed by atoms with van der Waals surface area (Å²) in [6.07, 6.45) is 3.23. The van der Waals surface area contributed by atoms with E-state index in [1.165, 1.54) is 6.07 Å². The van der Waals surface area contributed by atoms with Crippen LogP contribution < -0.4 is 15.2 Å². The predicted octanol–water partition coefficient (Wildman–Crippen LogP) is 6.59. The summed E-state index contributed by atoms with van der Waals surface area (Å²) in [5.41, 5.74) is 5.54. The number of imidazole rings is 1. The monoisotopic (exact) mass is 596 g/mol. The molecule has 0 fully saturated rings. The van der Waals surface area contributed by atoms with E-state index in [0.717, 1.165) is 23.3 Å². The summed E-state index contributed by atoms with van der Waals surface area (Å²) in [5.74, 6) is -6.15. The van der Waals surface area contributed by atoms with E-state index in [-0.39, 0.29) is 29.5 Å². The maximum atomic E-state index is 15.0. The number of nitrogens with one attached hydrogen (secondary N) is 2. The van der Waals surface area contributed by atoms with Crippen molar-refractivity contribution in [3.63, 3.8) is 0 Å². The number of para-hydroxylation sites is 1. The number of carbonyl (C=O) groups is 1. The number of anilines is 1. The van der Waals surface area contributed by atoms with Gasteiger partial charge in [-0.1, -0.05) is 18.2 Å². The Bertz CT molecular complexity index is 1720. The van der Waals surface area contributed by atoms with E-state index >= 15 is 4.39 Å². The third kappa shape index (κ3) is 5.40. The molecule has 224 valence electrons. The highest BCUT2D eigenvalue weighted by Crippen LogP contribution is 2.45. The number of rotatable bonds is 9. The molecule has 3 aromatic carbocycles. The lowest BCUT2D eigenvalue weighted by atomic mass is 9.74. The number of nitrogens with two attached hydrogens (primary N) is 1. The van der Waals surface area contributed by atoms with Crippen molar-refractivity contribution < 1.29 is 36.6 Å². The Balaban J connectivity index is 1.47. The van der Waals surface area contributed by atoms with E-state index < -0.39 is 45.7 Å². The molecule has 0 bridgehead atoms. The van der Waals surface area contributed by atoms with E-state index in [4.69, 9.17) is 25.4 Å². The largest absolute Gasteiger partial charge is 0.493 e. The fourth-order valence-corrected chi connectivity index (χ4v) is 5.14. The van der Waals surface area contributed by atoms with Gasteiger partial charge in [0, 0.05) is 35.5 Å². The van der Waals surface area contributed by atoms with Crippen molar-refractivity contribution in [1.29, 1.82) is 5.41 Å². The van der Waals surface area contributed by atoms with Crippen molar-refractivity contribution in [1.82, 2.24) is 9.97 Å². The van der Waals surface area contributed by atoms with Gasteiger partial charge in [-0.25, -0.2) is 18.2 Å². The normalized spacial score (nSPS) is 15.9. The Morgan fingerprint density at radius 2 is 1.98 bits per heavy atom. The number of benzene rings is 3. The molecule has 0 spiro atoms. The first-order valence-electron chi connectivity index (χ1n) is 13.5. The van der Waals surface area contributed by atoms with E-state index in [1.807, 2.05) is 25.1 Å². The quantitative estimate of drug-likeness (QED) is 0.0659. The van der Waals surface area contributed by atoms with E-state index in [1.54, 1.807) is 13.1 Å². The second kappa shape index (κ2) is 11.8. The molecule has 0 amide bonds. The predicted molar refractivity (Wildman–Crippen MR) is 151 cm³/mol. The molecule has 0 saturated carbocycles. The van der Waals surface area contributed by atoms with Crippen LogP contribution in [0.5, 0.6) is 17.2 Å². The number of hydrogen-bond donors (Lipinski definition) is 3. The van der Waals surface area contributed by atoms with Gasteiger partial charge >= 0.3 is 5.97 Å². The maximum Gasteiger partial charge on any atom is 0.306 e. The van der Waals surface area contributed by atoms with Gasteiger partial charge in [-0.2, -0.15) is 4.39 Å². The molecule has 1 atom stereocenters. The molecule has 0 aliphatic carbocycles. The molecule has 1 unspecified atom stereocenters. The van der Waals surface area contributed by atoms with E-state index in [9.17, 15) is 18.0 Å². The van der Waals surface area contributed by atoms with Crippen LogP contribution in [0.1, 0.15) is 49.1 Å². The SMILES string of the molecule is CCOC(=O)CCc1cccc2c1OCCC2(C)c1cnc(-c2cc(Oc3c(F)c(F)c(N)c(C=N)c3F)ccc2F)[nH]1. The third-order valence-corrected chi connectivity index (χ3v) is 7.53. The number of esters is 1. The second-order valence-corrected chi connectivity index (χ2v) is 10.2. The van der Waals surface area contributed by atoms with Gasteiger partial charge in [0.05, 0.1) is 30.0 Å². The van der Waals surface area contributed by atoms with Crippen molar-refractivity contribution in [3.8, 4) is 28.6 Å². The molecule has 4 N–H and O–H groups in total. The molecular weight excluding hydrogens is 568 g/mol. The zero-order valence-electron chi connectivity index (χ0n) is 23.3. The molecule has 43 heavy (non-hydrogen) atoms. The van der Waals surface area contributed by atoms with Crippen molar-refractivity contribution in [3.05, 3.63) is 88.2 Å². The third-order valence-electron chi connectivity index (χ3n) is 7.53. The second-order valence-electron chi connectivity index (χ2n) is 10.2. The van der Waals surface area contributed by atoms with Crippen LogP contribution in [0.15, 0.2) is 42.6 Å². The molecule has 1 aromatic heterocycles. The average Bonchev–Trinajstić information content (AvgIpc) is 3.50. The number of carbonyl (C=O) groups excluding carboxylic acids is 1. The molecule has 12 heteroatoms. The molecule has 0 saturated heterocycles. The lowest BCUT2D eigenvalue weighted by molar-refractivity contribution is -0.143. The standard InChI is InChI=1S/C31H28F4N4O4/c1-3-41-23(40)10-7-16-5-4-6-20-28(16)42-12-11-31(20,2)22-15-38-30(39-22)18-13-17(8-9-21(18)32)43-29-24(33)19(14-36)27(37)25(34)26(29)35/h4-6,8-9,13-15,36H,3,7,10-12,37H2,1-2H3,(H,38,39). The van der Waals surface area contributed by atoms with Crippen LogP contribution in [0.4, 0.5) is 23.2 Å². The molecule has 5 rings (SSSR count). The number of nitrogens with zero attached hydrogens (tertiary/aromatic N) is 1. The van der Waals surface area contributed by atoms with Crippen LogP contribution in [-0.4, -0.2) is 35.4 Å². The number of halogens is 4. The summed E-state index contributed by atoms with van der Waals surface area (Å²) < 4.78 is 74.9. The summed E-state index contributed by atoms with van der Waals surface area (Å²) in [6, 6.07) is 9.01. The van der Waals surface area contributed by atoms with Gasteiger partial charge < -0.3 is 30.3 Å². The zero-order chi connectivity index (χ0) is 30.9. The first-order valence-corrected chi connectivity index (χ1v) is 13.5. The van der Waals surface area contributed by atoms with E-state index in [2.05, 4.69) is 9.97 Å². The smallest absolute Gasteiger partial charge is 0.306 e. The number of hydrogen-bond acceptors (Lipinski definition) is 7. The average molecular weight is 597 g/mol. The van der Waals surface area contributed by atoms with Gasteiger partial charge in [-0.15, -0.1) is 0 Å². The van der Waals surface area contributed by atoms with Crippen LogP contribution in [0.2, 0.25) is 0 Å². The Morgan fingerprint density at radius 3 is 2.72 bits per heavy atom. The Kier molecular flexibility index (Phi) is 8.12. The van der Waals surface area contributed by atoms with Gasteiger partial charge in [0.1, 0.15) is 23.1 Å². The molecule has 0 radical (unpaired) electrons. The number of fused-ring (bicyclic) bond motifs is 1. The number of aryl methyl sites for hydroxylation is 1. The highest BCUT2D eigenvalue weighted by molar-refractivity contribution is 5.86. The fourth-order valence-electron chi connectivity index (χ4n) is 5.14. The Morgan fingerprint density at radius 1 is 1.19 bits per heavy atom. The number of aromatic amines is 1. The topological polar surface area (TPSA) is 123 Å². The molecule has 1 aliphatic rings. The minimum Gasteiger partial charge on any atom is -0.493 e. The Hall–Kier alpha value is -4.87. The zero-order valence-corrected chi connectivity index (χ0v) is 23.3. The first-order chi connectivity index (χ1) is 20.6. The van der Waals surface area contributed by atoms with Gasteiger partial charge in [0.2, 0.25) is 11.6 Å². The number of ether oxygens (including phenoxy) is 3. The molecule has 1 aliphatic heterocycles. The molecule has 4 aromatic rings. The molecule has 2 heterocycles. The number of H-pyrrole nitrogens is 1. The van der Waals surface area contributed by atoms with Gasteiger partial charge in [-0.3, -0.25) is 4.79 Å². The maximum absolute atomic E-state index is 15.0. The van der Waals surface area contributed by atoms with Crippen molar-refractivity contribution in [2.45, 2.75) is 38.5 Å². The first kappa shape index (κ1) is 29.6. The number of nitrogen functional groups attached to an aromatic ring is 1. The minimum atomic E-state index is -1.68.